The number of ether oxygens (including phenoxy) is 8. The second-order valence-electron chi connectivity index (χ2n) is 23.3. The van der Waals surface area contributed by atoms with Crippen molar-refractivity contribution >= 4 is 0 Å². The Labute approximate surface area is 481 Å². The zero-order chi connectivity index (χ0) is 55.8. The fourth-order valence-corrected chi connectivity index (χ4v) is 13.6. The van der Waals surface area contributed by atoms with E-state index in [4.69, 9.17) is 37.9 Å². The van der Waals surface area contributed by atoms with E-state index in [2.05, 4.69) is 128 Å². The number of hydrogen-bond donors (Lipinski definition) is 0. The first-order chi connectivity index (χ1) is 39.3. The average molecular weight is 1090 g/mol. The lowest BCUT2D eigenvalue weighted by atomic mass is 9.74. The van der Waals surface area contributed by atoms with Crippen LogP contribution in [0.5, 0.6) is 46.0 Å². The Bertz CT molecular complexity index is 2300. The summed E-state index contributed by atoms with van der Waals surface area (Å²) in [5.74, 6) is 6.95. The fourth-order valence-electron chi connectivity index (χ4n) is 13.6. The fraction of sp³-hybridized carbons (Fsp3) is 0.556. The molecule has 0 aromatic heterocycles. The molecule has 0 radical (unpaired) electrons. The lowest BCUT2D eigenvalue weighted by molar-refractivity contribution is 0.329. The summed E-state index contributed by atoms with van der Waals surface area (Å²) in [6, 6.07) is 10.1. The van der Waals surface area contributed by atoms with Gasteiger partial charge in [0.2, 0.25) is 0 Å². The summed E-state index contributed by atoms with van der Waals surface area (Å²) in [5, 5.41) is 0. The number of benzene rings is 4. The van der Waals surface area contributed by atoms with Gasteiger partial charge in [0.15, 0.2) is 0 Å². The summed E-state index contributed by atoms with van der Waals surface area (Å²) in [6.07, 6.45) is 38.8. The van der Waals surface area contributed by atoms with Gasteiger partial charge in [-0.3, -0.25) is 0 Å². The van der Waals surface area contributed by atoms with Gasteiger partial charge in [-0.25, -0.2) is 0 Å². The SMILES string of the molecule is CCCCCCC1c2cc3c4c(C)c2OC/C=C\COc2c1cc1c(c2C)OC/C=C\COc2c(cc5c(c2C)OC/C=C\COc2c(cc(c(c2C)OC/C=C\CO4)C3CCCCCC)C5CCCCCC)C1CCCCCC. The summed E-state index contributed by atoms with van der Waals surface area (Å²) in [6.45, 7) is 21.6. The van der Waals surface area contributed by atoms with Crippen LogP contribution in [0.1, 0.15) is 247 Å². The quantitative estimate of drug-likeness (QED) is 0.0640. The molecular formula is C72H96O8. The minimum absolute atomic E-state index is 0.0808. The van der Waals surface area contributed by atoms with Gasteiger partial charge in [0.05, 0.1) is 0 Å². The molecule has 432 valence electrons. The average Bonchev–Trinajstić information content (AvgIpc) is 3.74. The van der Waals surface area contributed by atoms with Crippen LogP contribution >= 0.6 is 0 Å². The standard InChI is InChI=1S/C72H96O8/c1-9-13-17-21-33-53-57-45-59-54(34-22-18-14-10-2)61-47-63-56(36-24-20-16-12-4)64-48-62-55(35-23-19-15-11-3)60-46-58(53)66-50(6)68(60)76-40-28-30-42-78-70(62)52(8)72(64)80-44-32-31-43-79-71(63)51(7)69(61)77-41-29-27-39-75-67(59)49(5)65(57)73-37-25-26-38-74-66/h25-32,45-48,53-56H,9-24,33-44H2,1-8H3/b26-25-,29-27-,30-28-,32-31-. The summed E-state index contributed by atoms with van der Waals surface area (Å²) in [4.78, 5) is 0. The van der Waals surface area contributed by atoms with E-state index in [-0.39, 0.29) is 23.7 Å². The largest absolute Gasteiger partial charge is 0.489 e. The molecule has 0 atom stereocenters. The lowest BCUT2D eigenvalue weighted by Crippen LogP contribution is -2.18. The van der Waals surface area contributed by atoms with Gasteiger partial charge in [-0.1, -0.05) is 130 Å². The Hall–Kier alpha value is -5.76. The van der Waals surface area contributed by atoms with Crippen molar-refractivity contribution in [3.05, 3.63) is 140 Å². The highest BCUT2D eigenvalue weighted by atomic mass is 16.5. The monoisotopic (exact) mass is 1090 g/mol. The van der Waals surface area contributed by atoms with Gasteiger partial charge in [0.25, 0.3) is 0 Å². The minimum atomic E-state index is -0.0808. The van der Waals surface area contributed by atoms with Crippen LogP contribution in [0.25, 0.3) is 0 Å². The maximum atomic E-state index is 7.19. The highest BCUT2D eigenvalue weighted by Crippen LogP contribution is 2.57. The van der Waals surface area contributed by atoms with E-state index in [0.29, 0.717) is 52.9 Å². The van der Waals surface area contributed by atoms with Gasteiger partial charge in [-0.15, -0.1) is 0 Å². The van der Waals surface area contributed by atoms with Crippen LogP contribution in [0.4, 0.5) is 0 Å². The van der Waals surface area contributed by atoms with Gasteiger partial charge in [0, 0.05) is 90.4 Å². The van der Waals surface area contributed by atoms with Crippen molar-refractivity contribution < 1.29 is 37.9 Å². The Balaban J connectivity index is 1.50. The predicted molar refractivity (Wildman–Crippen MR) is 328 cm³/mol. The number of unbranched alkanes of at least 4 members (excludes halogenated alkanes) is 12. The Morgan fingerprint density at radius 1 is 0.250 bits per heavy atom. The Morgan fingerprint density at radius 3 is 0.562 bits per heavy atom. The van der Waals surface area contributed by atoms with Crippen molar-refractivity contribution in [1.82, 2.24) is 0 Å². The maximum absolute atomic E-state index is 7.19. The molecule has 4 aromatic carbocycles. The third kappa shape index (κ3) is 13.3. The molecule has 4 aromatic rings. The molecular weight excluding hydrogens is 993 g/mol. The Morgan fingerprint density at radius 2 is 0.412 bits per heavy atom. The molecule has 0 fully saturated rings. The highest BCUT2D eigenvalue weighted by molar-refractivity contribution is 5.69. The predicted octanol–water partition coefficient (Wildman–Crippen LogP) is 19.0. The van der Waals surface area contributed by atoms with Gasteiger partial charge in [0.1, 0.15) is 98.9 Å². The van der Waals surface area contributed by atoms with Crippen molar-refractivity contribution in [3.8, 4) is 46.0 Å². The van der Waals surface area contributed by atoms with E-state index in [1.807, 2.05) is 0 Å². The van der Waals surface area contributed by atoms with Crippen molar-refractivity contribution in [1.29, 1.82) is 0 Å². The molecule has 4 heterocycles. The molecule has 0 saturated heterocycles. The first-order valence-electron chi connectivity index (χ1n) is 31.6. The summed E-state index contributed by atoms with van der Waals surface area (Å²) in [5.41, 5.74) is 13.7. The second kappa shape index (κ2) is 29.3. The van der Waals surface area contributed by atoms with E-state index in [1.165, 1.54) is 70.2 Å². The van der Waals surface area contributed by atoms with Crippen molar-refractivity contribution in [3.63, 3.8) is 0 Å². The van der Waals surface area contributed by atoms with Crippen LogP contribution in [0.3, 0.4) is 0 Å². The van der Waals surface area contributed by atoms with Crippen LogP contribution in [0, 0.1) is 27.7 Å². The molecule has 80 heavy (non-hydrogen) atoms. The van der Waals surface area contributed by atoms with Gasteiger partial charge in [-0.05, 0) is 126 Å². The zero-order valence-corrected chi connectivity index (χ0v) is 50.3. The van der Waals surface area contributed by atoms with Crippen LogP contribution in [-0.2, 0) is 0 Å². The topological polar surface area (TPSA) is 73.8 Å². The van der Waals surface area contributed by atoms with Gasteiger partial charge >= 0.3 is 0 Å². The van der Waals surface area contributed by atoms with Gasteiger partial charge < -0.3 is 37.9 Å². The van der Waals surface area contributed by atoms with Crippen LogP contribution in [0.2, 0.25) is 0 Å². The maximum Gasteiger partial charge on any atom is 0.130 e. The smallest absolute Gasteiger partial charge is 0.130 e. The van der Waals surface area contributed by atoms with E-state index >= 15 is 0 Å². The Kier molecular flexibility index (Phi) is 21.6. The summed E-state index contributed by atoms with van der Waals surface area (Å²) in [7, 11) is 0. The third-order valence-electron chi connectivity index (χ3n) is 17.7. The molecule has 8 nitrogen and oxygen atoms in total. The van der Waals surface area contributed by atoms with Crippen LogP contribution in [-0.4, -0.2) is 52.9 Å². The van der Waals surface area contributed by atoms with Crippen molar-refractivity contribution in [2.75, 3.05) is 52.9 Å². The lowest BCUT2D eigenvalue weighted by Gasteiger charge is -2.34. The molecule has 0 spiro atoms. The van der Waals surface area contributed by atoms with E-state index in [1.54, 1.807) is 0 Å². The van der Waals surface area contributed by atoms with Crippen LogP contribution < -0.4 is 37.9 Å². The second-order valence-corrected chi connectivity index (χ2v) is 23.3. The molecule has 1 aliphatic carbocycles. The third-order valence-corrected chi connectivity index (χ3v) is 17.7. The van der Waals surface area contributed by atoms with Crippen LogP contribution in [0.15, 0.2) is 72.9 Å². The van der Waals surface area contributed by atoms with Crippen molar-refractivity contribution in [2.45, 2.75) is 207 Å². The molecule has 0 saturated carbocycles. The van der Waals surface area contributed by atoms with E-state index in [0.717, 1.165) is 171 Å². The molecule has 0 amide bonds. The molecule has 8 bridgehead atoms. The van der Waals surface area contributed by atoms with Crippen molar-refractivity contribution in [2.24, 2.45) is 0 Å². The molecule has 0 N–H and O–H groups in total. The van der Waals surface area contributed by atoms with Gasteiger partial charge in [-0.2, -0.15) is 0 Å². The summed E-state index contributed by atoms with van der Waals surface area (Å²) >= 11 is 0. The molecule has 0 unspecified atom stereocenters. The zero-order valence-electron chi connectivity index (χ0n) is 50.3. The number of hydrogen-bond acceptors (Lipinski definition) is 8. The molecule has 9 rings (SSSR count). The summed E-state index contributed by atoms with van der Waals surface area (Å²) < 4.78 is 57.5. The van der Waals surface area contributed by atoms with E-state index in [9.17, 15) is 0 Å². The van der Waals surface area contributed by atoms with E-state index < -0.39 is 0 Å². The normalized spacial score (nSPS) is 20.8. The first kappa shape index (κ1) is 58.9. The first-order valence-corrected chi connectivity index (χ1v) is 31.6. The molecule has 5 aliphatic rings. The number of rotatable bonds is 20. The highest BCUT2D eigenvalue weighted by Gasteiger charge is 2.38. The minimum Gasteiger partial charge on any atom is -0.489 e. The molecule has 4 aliphatic heterocycles. The molecule has 8 heteroatoms.